The van der Waals surface area contributed by atoms with Crippen LogP contribution < -0.4 is 0 Å². The minimum absolute atomic E-state index is 0.274. The monoisotopic (exact) mass is 313 g/mol. The Labute approximate surface area is 99.5 Å². The van der Waals surface area contributed by atoms with E-state index >= 15 is 0 Å². The minimum Gasteiger partial charge on any atom is -0.241 e. The van der Waals surface area contributed by atoms with E-state index in [0.717, 1.165) is 3.70 Å². The van der Waals surface area contributed by atoms with Crippen LogP contribution in [0.15, 0.2) is 30.5 Å². The number of nitrogens with zero attached hydrogens (tertiary/aromatic N) is 3. The maximum absolute atomic E-state index is 13.1. The Hall–Kier alpha value is -1.42. The molecule has 0 saturated carbocycles. The van der Waals surface area contributed by atoms with Gasteiger partial charge >= 0.3 is 0 Å². The first-order chi connectivity index (χ1) is 7.19. The van der Waals surface area contributed by atoms with E-state index in [9.17, 15) is 4.39 Å². The maximum atomic E-state index is 13.1. The summed E-state index contributed by atoms with van der Waals surface area (Å²) in [6.45, 7) is 6.83. The van der Waals surface area contributed by atoms with Crippen LogP contribution in [0.2, 0.25) is 0 Å². The number of benzene rings is 1. The first kappa shape index (κ1) is 10.1. The van der Waals surface area contributed by atoms with Gasteiger partial charge in [-0.25, -0.2) is 13.9 Å². The summed E-state index contributed by atoms with van der Waals surface area (Å²) < 4.78 is 15.5. The third-order valence-electron chi connectivity index (χ3n) is 1.82. The Morgan fingerprint density at radius 1 is 1.40 bits per heavy atom. The van der Waals surface area contributed by atoms with Gasteiger partial charge < -0.3 is 0 Å². The van der Waals surface area contributed by atoms with Gasteiger partial charge in [-0.1, -0.05) is 0 Å². The van der Waals surface area contributed by atoms with E-state index in [1.807, 2.05) is 6.07 Å². The Morgan fingerprint density at radius 2 is 2.20 bits per heavy atom. The van der Waals surface area contributed by atoms with Crippen LogP contribution in [0.3, 0.4) is 0 Å². The molecule has 0 amide bonds. The molecule has 74 valence electrons. The molecule has 0 fully saturated rings. The zero-order chi connectivity index (χ0) is 10.8. The van der Waals surface area contributed by atoms with Crippen molar-refractivity contribution >= 4 is 28.3 Å². The number of hydrogen-bond acceptors (Lipinski definition) is 1. The van der Waals surface area contributed by atoms with Crippen molar-refractivity contribution in [3.8, 4) is 5.69 Å². The van der Waals surface area contributed by atoms with Crippen molar-refractivity contribution in [2.45, 2.75) is 0 Å². The molecule has 0 N–H and O–H groups in total. The highest BCUT2D eigenvalue weighted by Crippen LogP contribution is 2.19. The molecule has 1 heterocycles. The van der Waals surface area contributed by atoms with Gasteiger partial charge in [-0.05, 0) is 46.9 Å². The van der Waals surface area contributed by atoms with Crippen molar-refractivity contribution in [2.24, 2.45) is 0 Å². The average Bonchev–Trinajstić information content (AvgIpc) is 2.64. The molecule has 5 heteroatoms. The van der Waals surface area contributed by atoms with Crippen molar-refractivity contribution < 1.29 is 4.39 Å². The Balaban J connectivity index is 2.54. The molecule has 0 spiro atoms. The second-order valence-corrected chi connectivity index (χ2v) is 3.97. The Morgan fingerprint density at radius 3 is 2.80 bits per heavy atom. The molecule has 0 aliphatic carbocycles. The number of halogens is 2. The van der Waals surface area contributed by atoms with Crippen molar-refractivity contribution in [1.29, 1.82) is 0 Å². The van der Waals surface area contributed by atoms with Crippen molar-refractivity contribution in [2.75, 3.05) is 0 Å². The molecule has 0 radical (unpaired) electrons. The molecule has 1 aromatic heterocycles. The van der Waals surface area contributed by atoms with Crippen molar-refractivity contribution in [1.82, 2.24) is 9.78 Å². The van der Waals surface area contributed by atoms with Gasteiger partial charge in [0.15, 0.2) is 5.69 Å². The average molecular weight is 313 g/mol. The largest absolute Gasteiger partial charge is 0.241 e. The minimum atomic E-state index is -0.427. The lowest BCUT2D eigenvalue weighted by atomic mass is 10.3. The highest BCUT2D eigenvalue weighted by atomic mass is 127. The van der Waals surface area contributed by atoms with Gasteiger partial charge in [0.05, 0.1) is 12.3 Å². The topological polar surface area (TPSA) is 22.2 Å². The molecule has 0 saturated heterocycles. The lowest BCUT2D eigenvalue weighted by Gasteiger charge is -2.01. The fraction of sp³-hybridized carbons (Fsp3) is 0. The summed E-state index contributed by atoms with van der Waals surface area (Å²) in [6.07, 6.45) is 1.73. The standard InChI is InChI=1S/C10H5FIN3/c1-13-8-4-7(11)5-9(6-8)15-3-2-10(12)14-15/h2-6H. The smallest absolute Gasteiger partial charge is 0.192 e. The fourth-order valence-corrected chi connectivity index (χ4v) is 1.59. The molecule has 2 aromatic rings. The third kappa shape index (κ3) is 2.15. The lowest BCUT2D eigenvalue weighted by molar-refractivity contribution is 0.626. The van der Waals surface area contributed by atoms with Gasteiger partial charge in [0.1, 0.15) is 9.52 Å². The van der Waals surface area contributed by atoms with Gasteiger partial charge in [0.25, 0.3) is 0 Å². The molecule has 3 nitrogen and oxygen atoms in total. The van der Waals surface area contributed by atoms with Gasteiger partial charge in [-0.15, -0.1) is 0 Å². The van der Waals surface area contributed by atoms with Crippen LogP contribution in [-0.2, 0) is 0 Å². The van der Waals surface area contributed by atoms with Crippen LogP contribution in [-0.4, -0.2) is 9.78 Å². The van der Waals surface area contributed by atoms with Crippen molar-refractivity contribution in [3.05, 3.63) is 51.4 Å². The molecule has 1 aromatic carbocycles. The molecule has 0 atom stereocenters. The van der Waals surface area contributed by atoms with Crippen LogP contribution in [0.25, 0.3) is 10.5 Å². The van der Waals surface area contributed by atoms with E-state index in [0.29, 0.717) is 5.69 Å². The number of rotatable bonds is 1. The van der Waals surface area contributed by atoms with Gasteiger partial charge in [-0.3, -0.25) is 0 Å². The second-order valence-electron chi connectivity index (χ2n) is 2.86. The van der Waals surface area contributed by atoms with Gasteiger partial charge in [0.2, 0.25) is 0 Å². The summed E-state index contributed by atoms with van der Waals surface area (Å²) in [6, 6.07) is 5.95. The van der Waals surface area contributed by atoms with Crippen LogP contribution >= 0.6 is 22.6 Å². The normalized spacial score (nSPS) is 9.93. The van der Waals surface area contributed by atoms with Crippen LogP contribution in [0, 0.1) is 16.1 Å². The lowest BCUT2D eigenvalue weighted by Crippen LogP contribution is -1.95. The summed E-state index contributed by atoms with van der Waals surface area (Å²) in [5.41, 5.74) is 0.833. The summed E-state index contributed by atoms with van der Waals surface area (Å²) in [7, 11) is 0. The molecule has 2 rings (SSSR count). The summed E-state index contributed by atoms with van der Waals surface area (Å²) in [5, 5.41) is 4.13. The van der Waals surface area contributed by atoms with Crippen molar-refractivity contribution in [3.63, 3.8) is 0 Å². The number of aromatic nitrogens is 2. The van der Waals surface area contributed by atoms with E-state index in [4.69, 9.17) is 6.57 Å². The van der Waals surface area contributed by atoms with E-state index in [2.05, 4.69) is 32.5 Å². The second kappa shape index (κ2) is 3.98. The molecule has 0 aliphatic rings. The van der Waals surface area contributed by atoms with E-state index in [-0.39, 0.29) is 5.69 Å². The SMILES string of the molecule is [C-]#[N+]c1cc(F)cc(-n2ccc(I)n2)c1. The quantitative estimate of drug-likeness (QED) is 0.585. The van der Waals surface area contributed by atoms with Gasteiger partial charge in [-0.2, -0.15) is 5.10 Å². The molecular weight excluding hydrogens is 308 g/mol. The predicted octanol–water partition coefficient (Wildman–Crippen LogP) is 3.17. The van der Waals surface area contributed by atoms with E-state index < -0.39 is 5.82 Å². The van der Waals surface area contributed by atoms with Crippen LogP contribution in [0.1, 0.15) is 0 Å². The summed E-state index contributed by atoms with van der Waals surface area (Å²) in [4.78, 5) is 3.19. The Bertz CT molecular complexity index is 542. The van der Waals surface area contributed by atoms with Crippen LogP contribution in [0.4, 0.5) is 10.1 Å². The number of hydrogen-bond donors (Lipinski definition) is 0. The highest BCUT2D eigenvalue weighted by molar-refractivity contribution is 14.1. The zero-order valence-corrected chi connectivity index (χ0v) is 9.64. The first-order valence-corrected chi connectivity index (χ1v) is 5.16. The fourth-order valence-electron chi connectivity index (χ4n) is 1.20. The van der Waals surface area contributed by atoms with Crippen LogP contribution in [0.5, 0.6) is 0 Å². The summed E-state index contributed by atoms with van der Waals surface area (Å²) >= 11 is 2.07. The third-order valence-corrected chi connectivity index (χ3v) is 2.39. The molecule has 0 bridgehead atoms. The van der Waals surface area contributed by atoms with E-state index in [1.165, 1.54) is 12.1 Å². The predicted molar refractivity (Wildman–Crippen MR) is 62.5 cm³/mol. The molecular formula is C10H5FIN3. The zero-order valence-electron chi connectivity index (χ0n) is 7.48. The molecule has 0 aliphatic heterocycles. The maximum Gasteiger partial charge on any atom is 0.192 e. The van der Waals surface area contributed by atoms with Gasteiger partial charge in [0, 0.05) is 6.20 Å². The highest BCUT2D eigenvalue weighted by Gasteiger charge is 2.03. The summed E-state index contributed by atoms with van der Waals surface area (Å²) in [5.74, 6) is -0.427. The Kier molecular flexibility index (Phi) is 2.68. The first-order valence-electron chi connectivity index (χ1n) is 4.08. The molecule has 15 heavy (non-hydrogen) atoms. The molecule has 0 unspecified atom stereocenters. The van der Waals surface area contributed by atoms with E-state index in [1.54, 1.807) is 16.9 Å².